The Bertz CT molecular complexity index is 710. The van der Waals surface area contributed by atoms with Crippen LogP contribution in [0.25, 0.3) is 5.69 Å². The molecule has 5 nitrogen and oxygen atoms in total. The van der Waals surface area contributed by atoms with E-state index in [2.05, 4.69) is 30.6 Å². The predicted molar refractivity (Wildman–Crippen MR) is 79.9 cm³/mol. The van der Waals surface area contributed by atoms with Crippen LogP contribution in [-0.2, 0) is 10.2 Å². The number of methoxy groups -OCH3 is 1. The summed E-state index contributed by atoms with van der Waals surface area (Å²) in [6, 6.07) is 9.12. The molecule has 2 rings (SSSR count). The normalized spacial score (nSPS) is 11.2. The zero-order valence-corrected chi connectivity index (χ0v) is 12.6. The largest absolute Gasteiger partial charge is 0.464 e. The molecule has 0 N–H and O–H groups in total. The van der Waals surface area contributed by atoms with Gasteiger partial charge in [0.15, 0.2) is 0 Å². The standard InChI is InChI=1S/C16H18N2O3/c1-16(2,3)11-5-7-12(8-6-11)18-10-9-13(19)14(17-18)15(20)21-4/h5-10H,1-4H3. The third kappa shape index (κ3) is 3.18. The second-order valence-electron chi connectivity index (χ2n) is 5.76. The summed E-state index contributed by atoms with van der Waals surface area (Å²) in [5.41, 5.74) is 1.35. The highest BCUT2D eigenvalue weighted by Gasteiger charge is 2.15. The van der Waals surface area contributed by atoms with E-state index in [1.807, 2.05) is 24.3 Å². The first-order valence-corrected chi connectivity index (χ1v) is 6.62. The molecule has 0 aliphatic heterocycles. The van der Waals surface area contributed by atoms with Crippen LogP contribution in [0.1, 0.15) is 36.8 Å². The number of hydrogen-bond donors (Lipinski definition) is 0. The lowest BCUT2D eigenvalue weighted by Crippen LogP contribution is -2.21. The Morgan fingerprint density at radius 1 is 1.14 bits per heavy atom. The molecule has 0 spiro atoms. The monoisotopic (exact) mass is 286 g/mol. The molecule has 0 amide bonds. The van der Waals surface area contributed by atoms with Crippen LogP contribution in [0, 0.1) is 0 Å². The fraction of sp³-hybridized carbons (Fsp3) is 0.312. The summed E-state index contributed by atoms with van der Waals surface area (Å²) in [5.74, 6) is -0.735. The van der Waals surface area contributed by atoms with Crippen LogP contribution in [0.4, 0.5) is 0 Å². The second kappa shape index (κ2) is 5.52. The van der Waals surface area contributed by atoms with Gasteiger partial charge in [0.05, 0.1) is 12.8 Å². The van der Waals surface area contributed by atoms with E-state index in [0.29, 0.717) is 0 Å². The number of benzene rings is 1. The van der Waals surface area contributed by atoms with Crippen LogP contribution in [0.3, 0.4) is 0 Å². The third-order valence-corrected chi connectivity index (χ3v) is 3.18. The molecule has 0 aliphatic carbocycles. The van der Waals surface area contributed by atoms with Gasteiger partial charge in [0.25, 0.3) is 0 Å². The molecule has 0 fully saturated rings. The predicted octanol–water partition coefficient (Wildman–Crippen LogP) is 2.32. The molecule has 1 heterocycles. The van der Waals surface area contributed by atoms with Gasteiger partial charge in [-0.1, -0.05) is 32.9 Å². The fourth-order valence-corrected chi connectivity index (χ4v) is 1.90. The maximum atomic E-state index is 11.6. The number of nitrogens with zero attached hydrogens (tertiary/aromatic N) is 2. The molecule has 0 unspecified atom stereocenters. The van der Waals surface area contributed by atoms with Crippen molar-refractivity contribution in [1.29, 1.82) is 0 Å². The van der Waals surface area contributed by atoms with Crippen LogP contribution in [-0.4, -0.2) is 22.9 Å². The van der Waals surface area contributed by atoms with E-state index in [-0.39, 0.29) is 11.1 Å². The lowest BCUT2D eigenvalue weighted by Gasteiger charge is -2.19. The minimum Gasteiger partial charge on any atom is -0.464 e. The highest BCUT2D eigenvalue weighted by Crippen LogP contribution is 2.22. The lowest BCUT2D eigenvalue weighted by atomic mass is 9.87. The van der Waals surface area contributed by atoms with Crippen molar-refractivity contribution in [1.82, 2.24) is 9.78 Å². The van der Waals surface area contributed by atoms with E-state index < -0.39 is 11.4 Å². The van der Waals surface area contributed by atoms with E-state index in [4.69, 9.17) is 0 Å². The Balaban J connectivity index is 2.43. The van der Waals surface area contributed by atoms with Gasteiger partial charge < -0.3 is 4.74 Å². The smallest absolute Gasteiger partial charge is 0.362 e. The maximum absolute atomic E-state index is 11.6. The van der Waals surface area contributed by atoms with Gasteiger partial charge >= 0.3 is 5.97 Å². The Morgan fingerprint density at radius 3 is 2.29 bits per heavy atom. The highest BCUT2D eigenvalue weighted by molar-refractivity contribution is 5.86. The van der Waals surface area contributed by atoms with Gasteiger partial charge in [-0.3, -0.25) is 4.79 Å². The SMILES string of the molecule is COC(=O)c1nn(-c2ccc(C(C)(C)C)cc2)ccc1=O. The van der Waals surface area contributed by atoms with Crippen molar-refractivity contribution in [2.75, 3.05) is 7.11 Å². The zero-order chi connectivity index (χ0) is 15.6. The van der Waals surface area contributed by atoms with Crippen LogP contribution in [0.5, 0.6) is 0 Å². The fourth-order valence-electron chi connectivity index (χ4n) is 1.90. The number of rotatable bonds is 2. The summed E-state index contributed by atoms with van der Waals surface area (Å²) >= 11 is 0. The molecule has 0 bridgehead atoms. The van der Waals surface area contributed by atoms with Gasteiger partial charge in [-0.15, -0.1) is 0 Å². The van der Waals surface area contributed by atoms with Crippen molar-refractivity contribution in [2.24, 2.45) is 0 Å². The van der Waals surface area contributed by atoms with Crippen LogP contribution >= 0.6 is 0 Å². The summed E-state index contributed by atoms with van der Waals surface area (Å²) in [4.78, 5) is 23.1. The van der Waals surface area contributed by atoms with Crippen molar-refractivity contribution in [3.05, 3.63) is 58.0 Å². The number of carbonyl (C=O) groups excluding carboxylic acids is 1. The first-order valence-electron chi connectivity index (χ1n) is 6.62. The van der Waals surface area contributed by atoms with Gasteiger partial charge in [-0.25, -0.2) is 9.48 Å². The minimum absolute atomic E-state index is 0.0622. The average Bonchev–Trinajstić information content (AvgIpc) is 2.46. The van der Waals surface area contributed by atoms with Gasteiger partial charge in [0.2, 0.25) is 11.1 Å². The topological polar surface area (TPSA) is 61.2 Å². The van der Waals surface area contributed by atoms with Gasteiger partial charge in [0, 0.05) is 12.3 Å². The number of hydrogen-bond acceptors (Lipinski definition) is 4. The molecule has 21 heavy (non-hydrogen) atoms. The second-order valence-corrected chi connectivity index (χ2v) is 5.76. The van der Waals surface area contributed by atoms with Crippen molar-refractivity contribution < 1.29 is 9.53 Å². The number of aromatic nitrogens is 2. The highest BCUT2D eigenvalue weighted by atomic mass is 16.5. The molecule has 2 aromatic rings. The van der Waals surface area contributed by atoms with E-state index in [1.54, 1.807) is 0 Å². The Labute approximate surface area is 123 Å². The van der Waals surface area contributed by atoms with Crippen molar-refractivity contribution >= 4 is 5.97 Å². The summed E-state index contributed by atoms with van der Waals surface area (Å²) < 4.78 is 6.04. The van der Waals surface area contributed by atoms with E-state index in [0.717, 1.165) is 5.69 Å². The maximum Gasteiger partial charge on any atom is 0.362 e. The molecule has 110 valence electrons. The van der Waals surface area contributed by atoms with E-state index in [1.165, 1.54) is 29.6 Å². The summed E-state index contributed by atoms with van der Waals surface area (Å²) in [6.45, 7) is 6.40. The first kappa shape index (κ1) is 15.0. The lowest BCUT2D eigenvalue weighted by molar-refractivity contribution is 0.0590. The number of esters is 1. The Morgan fingerprint density at radius 2 is 1.76 bits per heavy atom. The average molecular weight is 286 g/mol. The molecule has 0 saturated heterocycles. The number of ether oxygens (including phenoxy) is 1. The third-order valence-electron chi connectivity index (χ3n) is 3.18. The number of carbonyl (C=O) groups is 1. The van der Waals surface area contributed by atoms with Gasteiger partial charge in [-0.2, -0.15) is 5.10 Å². The molecule has 1 aromatic heterocycles. The van der Waals surface area contributed by atoms with Crippen LogP contribution < -0.4 is 5.43 Å². The van der Waals surface area contributed by atoms with Crippen molar-refractivity contribution in [3.63, 3.8) is 0 Å². The molecule has 0 atom stereocenters. The van der Waals surface area contributed by atoms with E-state index in [9.17, 15) is 9.59 Å². The van der Waals surface area contributed by atoms with Gasteiger partial charge in [-0.05, 0) is 23.1 Å². The van der Waals surface area contributed by atoms with Crippen LogP contribution in [0.15, 0.2) is 41.3 Å². The minimum atomic E-state index is -0.735. The molecule has 0 radical (unpaired) electrons. The van der Waals surface area contributed by atoms with Gasteiger partial charge in [0.1, 0.15) is 0 Å². The quantitative estimate of drug-likeness (QED) is 0.795. The molecule has 0 saturated carbocycles. The zero-order valence-electron chi connectivity index (χ0n) is 12.6. The van der Waals surface area contributed by atoms with Crippen LogP contribution in [0.2, 0.25) is 0 Å². The molecule has 1 aromatic carbocycles. The molecule has 5 heteroatoms. The van der Waals surface area contributed by atoms with E-state index >= 15 is 0 Å². The van der Waals surface area contributed by atoms with Crippen molar-refractivity contribution in [3.8, 4) is 5.69 Å². The first-order chi connectivity index (χ1) is 9.82. The molecular formula is C16H18N2O3. The Kier molecular flexibility index (Phi) is 3.93. The summed E-state index contributed by atoms with van der Waals surface area (Å²) in [6.07, 6.45) is 1.53. The summed E-state index contributed by atoms with van der Waals surface area (Å²) in [5, 5.41) is 4.03. The Hall–Kier alpha value is -2.43. The summed E-state index contributed by atoms with van der Waals surface area (Å²) in [7, 11) is 1.22. The molecule has 0 aliphatic rings. The molecular weight excluding hydrogens is 268 g/mol. The van der Waals surface area contributed by atoms with Crippen molar-refractivity contribution in [2.45, 2.75) is 26.2 Å².